The van der Waals surface area contributed by atoms with E-state index in [-0.39, 0.29) is 24.2 Å². The molecule has 0 bridgehead atoms. The number of rotatable bonds is 3. The summed E-state index contributed by atoms with van der Waals surface area (Å²) in [7, 11) is 1.73. The van der Waals surface area contributed by atoms with Gasteiger partial charge < -0.3 is 10.6 Å². The number of carbonyl (C=O) groups excluding carboxylic acids is 1. The molecule has 1 atom stereocenters. The van der Waals surface area contributed by atoms with Crippen LogP contribution in [0.1, 0.15) is 29.9 Å². The highest BCUT2D eigenvalue weighted by Crippen LogP contribution is 2.31. The normalized spacial score (nSPS) is 17.4. The summed E-state index contributed by atoms with van der Waals surface area (Å²) in [5.74, 6) is 0.595. The van der Waals surface area contributed by atoms with E-state index < -0.39 is 0 Å². The second-order valence-corrected chi connectivity index (χ2v) is 5.09. The molecular weight excluding hydrogens is 260 g/mol. The van der Waals surface area contributed by atoms with Crippen molar-refractivity contribution in [2.45, 2.75) is 25.7 Å². The monoisotopic (exact) mass is 282 g/mol. The quantitative estimate of drug-likeness (QED) is 0.893. The third-order valence-corrected chi connectivity index (χ3v) is 3.82. The highest BCUT2D eigenvalue weighted by molar-refractivity contribution is 5.85. The molecule has 1 unspecified atom stereocenters. The van der Waals surface area contributed by atoms with Crippen LogP contribution in [0.5, 0.6) is 0 Å². The van der Waals surface area contributed by atoms with Crippen LogP contribution in [-0.2, 0) is 4.79 Å². The van der Waals surface area contributed by atoms with Gasteiger partial charge in [0.1, 0.15) is 0 Å². The van der Waals surface area contributed by atoms with E-state index in [2.05, 4.69) is 41.8 Å². The number of hydrogen-bond acceptors (Lipinski definition) is 2. The fourth-order valence-corrected chi connectivity index (χ4v) is 2.74. The number of carbonyl (C=O) groups is 1. The molecule has 1 aromatic rings. The minimum atomic E-state index is -0.00213. The Balaban J connectivity index is 0.00000180. The summed E-state index contributed by atoms with van der Waals surface area (Å²) in [5, 5.41) is 6.17. The Hall–Kier alpha value is -1.06. The summed E-state index contributed by atoms with van der Waals surface area (Å²) in [6, 6.07) is 8.37. The zero-order chi connectivity index (χ0) is 13.0. The Labute approximate surface area is 121 Å². The van der Waals surface area contributed by atoms with Gasteiger partial charge in [0.2, 0.25) is 5.91 Å². The Morgan fingerprint density at radius 3 is 2.37 bits per heavy atom. The number of benzene rings is 1. The Morgan fingerprint density at radius 1 is 1.26 bits per heavy atom. The van der Waals surface area contributed by atoms with E-state index in [1.54, 1.807) is 7.05 Å². The number of nitrogens with one attached hydrogen (secondary N) is 2. The second-order valence-electron chi connectivity index (χ2n) is 5.09. The summed E-state index contributed by atoms with van der Waals surface area (Å²) < 4.78 is 0. The number of halogens is 1. The predicted molar refractivity (Wildman–Crippen MR) is 80.8 cm³/mol. The highest BCUT2D eigenvalue weighted by atomic mass is 35.5. The maximum absolute atomic E-state index is 12.2. The lowest BCUT2D eigenvalue weighted by atomic mass is 9.79. The van der Waals surface area contributed by atoms with Crippen LogP contribution < -0.4 is 10.6 Å². The Bertz CT molecular complexity index is 399. The van der Waals surface area contributed by atoms with E-state index in [0.717, 1.165) is 31.5 Å². The first-order valence-corrected chi connectivity index (χ1v) is 6.71. The average Bonchev–Trinajstić information content (AvgIpc) is 2.42. The zero-order valence-electron chi connectivity index (χ0n) is 11.6. The van der Waals surface area contributed by atoms with Crippen LogP contribution in [0.4, 0.5) is 0 Å². The first kappa shape index (κ1) is 16.0. The average molecular weight is 283 g/mol. The summed E-state index contributed by atoms with van der Waals surface area (Å²) >= 11 is 0. The number of hydrogen-bond donors (Lipinski definition) is 2. The number of aryl methyl sites for hydroxylation is 1. The van der Waals surface area contributed by atoms with E-state index >= 15 is 0 Å². The van der Waals surface area contributed by atoms with Crippen LogP contribution in [-0.4, -0.2) is 26.0 Å². The van der Waals surface area contributed by atoms with E-state index in [1.165, 1.54) is 5.56 Å². The van der Waals surface area contributed by atoms with Crippen LogP contribution in [0.2, 0.25) is 0 Å². The lowest BCUT2D eigenvalue weighted by Gasteiger charge is -2.30. The van der Waals surface area contributed by atoms with Crippen LogP contribution in [0.25, 0.3) is 0 Å². The van der Waals surface area contributed by atoms with Crippen LogP contribution in [0.15, 0.2) is 24.3 Å². The molecule has 106 valence electrons. The minimum Gasteiger partial charge on any atom is -0.359 e. The molecule has 1 aliphatic rings. The number of likely N-dealkylation sites (N-methyl/N-ethyl adjacent to an activating group) is 1. The zero-order valence-corrected chi connectivity index (χ0v) is 12.4. The van der Waals surface area contributed by atoms with Crippen LogP contribution >= 0.6 is 12.4 Å². The van der Waals surface area contributed by atoms with Gasteiger partial charge in [-0.05, 0) is 44.3 Å². The lowest BCUT2D eigenvalue weighted by Crippen LogP contribution is -2.37. The van der Waals surface area contributed by atoms with Gasteiger partial charge in [-0.15, -0.1) is 12.4 Å². The first-order chi connectivity index (χ1) is 8.72. The van der Waals surface area contributed by atoms with Crippen molar-refractivity contribution in [1.29, 1.82) is 0 Å². The number of amides is 1. The molecule has 1 aromatic carbocycles. The molecule has 0 spiro atoms. The van der Waals surface area contributed by atoms with Crippen molar-refractivity contribution in [2.24, 2.45) is 5.92 Å². The smallest absolute Gasteiger partial charge is 0.227 e. The summed E-state index contributed by atoms with van der Waals surface area (Å²) in [4.78, 5) is 12.2. The minimum absolute atomic E-state index is 0. The van der Waals surface area contributed by atoms with Crippen molar-refractivity contribution < 1.29 is 4.79 Å². The van der Waals surface area contributed by atoms with Gasteiger partial charge in [-0.3, -0.25) is 4.79 Å². The van der Waals surface area contributed by atoms with Crippen molar-refractivity contribution in [2.75, 3.05) is 20.1 Å². The fourth-order valence-electron chi connectivity index (χ4n) is 2.74. The highest BCUT2D eigenvalue weighted by Gasteiger charge is 2.30. The molecule has 1 saturated heterocycles. The molecule has 19 heavy (non-hydrogen) atoms. The Kier molecular flexibility index (Phi) is 6.32. The second kappa shape index (κ2) is 7.51. The van der Waals surface area contributed by atoms with Gasteiger partial charge in [-0.2, -0.15) is 0 Å². The summed E-state index contributed by atoms with van der Waals surface area (Å²) in [6.45, 7) is 4.11. The van der Waals surface area contributed by atoms with E-state index in [0.29, 0.717) is 5.92 Å². The van der Waals surface area contributed by atoms with Crippen molar-refractivity contribution in [3.05, 3.63) is 35.4 Å². The fraction of sp³-hybridized carbons (Fsp3) is 0.533. The molecule has 1 amide bonds. The molecule has 0 aromatic heterocycles. The van der Waals surface area contributed by atoms with Gasteiger partial charge in [-0.25, -0.2) is 0 Å². The van der Waals surface area contributed by atoms with Gasteiger partial charge in [0, 0.05) is 7.05 Å². The van der Waals surface area contributed by atoms with Gasteiger partial charge in [-0.1, -0.05) is 29.8 Å². The third kappa shape index (κ3) is 3.95. The van der Waals surface area contributed by atoms with Gasteiger partial charge in [0.25, 0.3) is 0 Å². The van der Waals surface area contributed by atoms with Gasteiger partial charge >= 0.3 is 0 Å². The summed E-state index contributed by atoms with van der Waals surface area (Å²) in [5.41, 5.74) is 2.38. The predicted octanol–water partition coefficient (Wildman–Crippen LogP) is 2.25. The number of piperidine rings is 1. The molecular formula is C15H23ClN2O. The molecule has 1 aliphatic heterocycles. The maximum Gasteiger partial charge on any atom is 0.227 e. The van der Waals surface area contributed by atoms with Crippen molar-refractivity contribution in [3.63, 3.8) is 0 Å². The Morgan fingerprint density at radius 2 is 1.84 bits per heavy atom. The van der Waals surface area contributed by atoms with Crippen molar-refractivity contribution in [1.82, 2.24) is 10.6 Å². The molecule has 2 N–H and O–H groups in total. The largest absolute Gasteiger partial charge is 0.359 e. The van der Waals surface area contributed by atoms with Gasteiger partial charge in [0.05, 0.1) is 5.92 Å². The molecule has 2 rings (SSSR count). The SMILES string of the molecule is CNC(=O)C(c1ccc(C)cc1)C1CCNCC1.Cl. The first-order valence-electron chi connectivity index (χ1n) is 6.71. The molecule has 0 aliphatic carbocycles. The topological polar surface area (TPSA) is 41.1 Å². The molecule has 1 fully saturated rings. The molecule has 1 heterocycles. The molecule has 4 heteroatoms. The van der Waals surface area contributed by atoms with E-state index in [9.17, 15) is 4.79 Å². The molecule has 0 radical (unpaired) electrons. The summed E-state index contributed by atoms with van der Waals surface area (Å²) in [6.07, 6.45) is 2.15. The molecule has 0 saturated carbocycles. The van der Waals surface area contributed by atoms with Crippen LogP contribution in [0.3, 0.4) is 0 Å². The van der Waals surface area contributed by atoms with Crippen molar-refractivity contribution >= 4 is 18.3 Å². The van der Waals surface area contributed by atoms with E-state index in [1.807, 2.05) is 0 Å². The van der Waals surface area contributed by atoms with E-state index in [4.69, 9.17) is 0 Å². The molecule has 3 nitrogen and oxygen atoms in total. The lowest BCUT2D eigenvalue weighted by molar-refractivity contribution is -0.123. The van der Waals surface area contributed by atoms with Gasteiger partial charge in [0.15, 0.2) is 0 Å². The third-order valence-electron chi connectivity index (χ3n) is 3.82. The standard InChI is InChI=1S/C15H22N2O.ClH/c1-11-3-5-12(6-4-11)14(15(18)16-2)13-7-9-17-10-8-13;/h3-6,13-14,17H,7-10H2,1-2H3,(H,16,18);1H. The maximum atomic E-state index is 12.2. The van der Waals surface area contributed by atoms with Crippen molar-refractivity contribution in [3.8, 4) is 0 Å². The van der Waals surface area contributed by atoms with Crippen LogP contribution in [0, 0.1) is 12.8 Å².